The van der Waals surface area contributed by atoms with Gasteiger partial charge in [-0.2, -0.15) is 0 Å². The van der Waals surface area contributed by atoms with Gasteiger partial charge >= 0.3 is 7.12 Å². The molecule has 1 aliphatic heterocycles. The highest BCUT2D eigenvalue weighted by Gasteiger charge is 2.68. The van der Waals surface area contributed by atoms with Gasteiger partial charge in [0, 0.05) is 20.0 Å². The van der Waals surface area contributed by atoms with Gasteiger partial charge in [-0.25, -0.2) is 0 Å². The molecule has 1 heterocycles. The third-order valence-corrected chi connectivity index (χ3v) is 9.91. The zero-order chi connectivity index (χ0) is 30.9. The minimum Gasteiger partial charge on any atom is -0.404 e. The van der Waals surface area contributed by atoms with Crippen LogP contribution in [0.1, 0.15) is 112 Å². The van der Waals surface area contributed by atoms with E-state index < -0.39 is 13.2 Å². The van der Waals surface area contributed by atoms with E-state index in [2.05, 4.69) is 68.6 Å². The van der Waals surface area contributed by atoms with E-state index in [0.717, 1.165) is 25.7 Å². The van der Waals surface area contributed by atoms with Gasteiger partial charge in [0.25, 0.3) is 0 Å². The van der Waals surface area contributed by atoms with E-state index >= 15 is 0 Å². The lowest BCUT2D eigenvalue weighted by Crippen LogP contribution is -2.65. The second-order valence-corrected chi connectivity index (χ2v) is 13.9. The number of carbonyl (C=O) groups excluding carboxylic acids is 2. The largest absolute Gasteiger partial charge is 0.481 e. The minimum absolute atomic E-state index is 0.0480. The fourth-order valence-electron chi connectivity index (χ4n) is 7.22. The van der Waals surface area contributed by atoms with E-state index in [4.69, 9.17) is 15.0 Å². The summed E-state index contributed by atoms with van der Waals surface area (Å²) < 4.78 is 13.3. The quantitative estimate of drug-likeness (QED) is 0.0653. The van der Waals surface area contributed by atoms with Crippen molar-refractivity contribution in [1.29, 1.82) is 0 Å². The molecule has 0 radical (unpaired) electrons. The first-order valence-corrected chi connectivity index (χ1v) is 16.5. The molecular weight excluding hydrogens is 529 g/mol. The van der Waals surface area contributed by atoms with Crippen molar-refractivity contribution in [3.8, 4) is 0 Å². The Morgan fingerprint density at radius 2 is 1.86 bits per heavy atom. The van der Waals surface area contributed by atoms with Crippen molar-refractivity contribution < 1.29 is 18.9 Å². The average Bonchev–Trinajstić information content (AvgIpc) is 3.30. The fourth-order valence-corrected chi connectivity index (χ4v) is 7.22. The minimum atomic E-state index is -0.669. The Bertz CT molecular complexity index is 957. The van der Waals surface area contributed by atoms with Gasteiger partial charge < -0.3 is 31.0 Å². The van der Waals surface area contributed by atoms with Crippen LogP contribution in [0.15, 0.2) is 17.1 Å². The summed E-state index contributed by atoms with van der Waals surface area (Å²) in [5.74, 6) is 1.14. The molecule has 3 saturated carbocycles. The Morgan fingerprint density at radius 3 is 2.52 bits per heavy atom. The predicted octanol–water partition coefficient (Wildman–Crippen LogP) is 4.50. The summed E-state index contributed by atoms with van der Waals surface area (Å²) >= 11 is 0. The molecule has 4 fully saturated rings. The summed E-state index contributed by atoms with van der Waals surface area (Å²) in [7, 11) is 1.12. The van der Waals surface area contributed by atoms with Crippen LogP contribution in [0.3, 0.4) is 0 Å². The highest BCUT2D eigenvalue weighted by molar-refractivity contribution is 6.48. The van der Waals surface area contributed by atoms with Crippen LogP contribution in [-0.4, -0.2) is 62.2 Å². The van der Waals surface area contributed by atoms with Crippen LogP contribution in [0.2, 0.25) is 0 Å². The van der Waals surface area contributed by atoms with Crippen LogP contribution in [0.5, 0.6) is 0 Å². The molecule has 0 spiro atoms. The number of rotatable bonds is 17. The molecule has 6 atom stereocenters. The van der Waals surface area contributed by atoms with Crippen LogP contribution in [0.4, 0.5) is 0 Å². The molecule has 9 nitrogen and oxygen atoms in total. The summed E-state index contributed by atoms with van der Waals surface area (Å²) in [6.07, 6.45) is 14.1. The molecule has 0 aromatic heterocycles. The Labute approximate surface area is 255 Å². The van der Waals surface area contributed by atoms with Crippen LogP contribution in [0, 0.1) is 23.2 Å². The number of hydrogen-bond donors (Lipinski definition) is 4. The molecule has 0 unspecified atom stereocenters. The number of nitrogens with two attached hydrogens (primary N) is 1. The Morgan fingerprint density at radius 1 is 1.10 bits per heavy atom. The van der Waals surface area contributed by atoms with Crippen molar-refractivity contribution >= 4 is 24.9 Å². The number of aliphatic imine (C=N–C) groups is 1. The third kappa shape index (κ3) is 8.74. The molecule has 2 amide bonds. The molecule has 3 aliphatic carbocycles. The molecule has 10 heteroatoms. The van der Waals surface area contributed by atoms with Crippen LogP contribution >= 0.6 is 0 Å². The van der Waals surface area contributed by atoms with Crippen LogP contribution < -0.4 is 21.7 Å². The monoisotopic (exact) mass is 587 g/mol. The Kier molecular flexibility index (Phi) is 12.8. The second kappa shape index (κ2) is 15.6. The number of amides is 2. The molecule has 2 bridgehead atoms. The summed E-state index contributed by atoms with van der Waals surface area (Å²) in [5, 5.41) is 9.26. The Balaban J connectivity index is 1.63. The van der Waals surface area contributed by atoms with E-state index in [1.807, 2.05) is 6.08 Å². The van der Waals surface area contributed by atoms with Gasteiger partial charge in [0.2, 0.25) is 11.8 Å². The summed E-state index contributed by atoms with van der Waals surface area (Å²) in [6.45, 7) is 13.9. The van der Waals surface area contributed by atoms with Crippen molar-refractivity contribution in [1.82, 2.24) is 16.0 Å². The lowest BCUT2D eigenvalue weighted by molar-refractivity contribution is -0.199. The third-order valence-electron chi connectivity index (χ3n) is 9.91. The number of allylic oxidation sites excluding steroid dienone is 1. The fraction of sp³-hybridized carbons (Fsp3) is 0.844. The first-order chi connectivity index (χ1) is 19.9. The zero-order valence-corrected chi connectivity index (χ0v) is 27.3. The molecule has 4 aliphatic rings. The molecule has 1 saturated heterocycles. The van der Waals surface area contributed by atoms with Gasteiger partial charge in [-0.15, -0.1) is 0 Å². The van der Waals surface area contributed by atoms with Crippen molar-refractivity contribution in [3.63, 3.8) is 0 Å². The first kappa shape index (κ1) is 34.4. The first-order valence-electron chi connectivity index (χ1n) is 16.5. The lowest BCUT2D eigenvalue weighted by atomic mass is 9.43. The van der Waals surface area contributed by atoms with Gasteiger partial charge in [0.1, 0.15) is 6.04 Å². The summed E-state index contributed by atoms with van der Waals surface area (Å²) in [4.78, 5) is 30.5. The maximum Gasteiger partial charge on any atom is 0.481 e. The Hall–Kier alpha value is -2.07. The van der Waals surface area contributed by atoms with Crippen LogP contribution in [-0.2, 0) is 18.9 Å². The van der Waals surface area contributed by atoms with Crippen molar-refractivity contribution in [2.24, 2.45) is 33.9 Å². The highest BCUT2D eigenvalue weighted by atomic mass is 16.7. The number of guanidine groups is 1. The summed E-state index contributed by atoms with van der Waals surface area (Å²) in [5.41, 5.74) is 5.67. The highest BCUT2D eigenvalue weighted by Crippen LogP contribution is 2.65. The van der Waals surface area contributed by atoms with Crippen LogP contribution in [0.25, 0.3) is 0 Å². The normalized spacial score (nSPS) is 27.9. The van der Waals surface area contributed by atoms with Gasteiger partial charge in [0.05, 0.1) is 17.6 Å². The van der Waals surface area contributed by atoms with Gasteiger partial charge in [-0.1, -0.05) is 66.0 Å². The maximum atomic E-state index is 13.7. The maximum absolute atomic E-state index is 13.7. The summed E-state index contributed by atoms with van der Waals surface area (Å²) in [6, 6.07) is -0.669. The van der Waals surface area contributed by atoms with E-state index in [1.165, 1.54) is 25.7 Å². The number of unbranched alkanes of at least 4 members (excludes halogenated alkanes) is 4. The van der Waals surface area contributed by atoms with Gasteiger partial charge in [-0.05, 0) is 75.0 Å². The number of nitrogens with one attached hydrogen (secondary N) is 3. The molecule has 0 aromatic rings. The van der Waals surface area contributed by atoms with E-state index in [0.29, 0.717) is 43.1 Å². The van der Waals surface area contributed by atoms with Crippen molar-refractivity contribution in [2.45, 2.75) is 136 Å². The van der Waals surface area contributed by atoms with Gasteiger partial charge in [-0.3, -0.25) is 14.6 Å². The van der Waals surface area contributed by atoms with E-state index in [9.17, 15) is 9.59 Å². The van der Waals surface area contributed by atoms with Crippen molar-refractivity contribution in [2.75, 3.05) is 13.6 Å². The standard InChI is InChI=1S/C32H58BN5O4/c1-8-9-10-11-12-13-14-17-28(39)37-24(16-15-18-36-30(34)35-7)29(40)38-27(19-22(2)3)33-41-26-21-23-20-25(31(23,4)5)32(26,6)42-33/h13-14,22-27H,8-12,15-21H2,1-7H3,(H,37,39)(H,38,40)(H3,34,35,36)/b14-13+/t23-,24-,25-,26+,27-,32-/m0/s1. The second-order valence-electron chi connectivity index (χ2n) is 13.9. The average molecular weight is 588 g/mol. The SMILES string of the molecule is CCCCCC/C=C/CC(=O)N[C@@H](CCCNC(N)=NC)C(=O)N[C@@H](CC(C)C)B1O[C@@H]2C[C@@H]3C[C@@H](C3(C)C)[C@]2(C)O1. The molecule has 0 aromatic carbocycles. The molecule has 42 heavy (non-hydrogen) atoms. The van der Waals surface area contributed by atoms with E-state index in [-0.39, 0.29) is 41.3 Å². The number of nitrogens with zero attached hydrogens (tertiary/aromatic N) is 1. The molecule has 238 valence electrons. The number of carbonyl (C=O) groups is 2. The smallest absolute Gasteiger partial charge is 0.404 e. The number of hydrogen-bond acceptors (Lipinski definition) is 5. The lowest BCUT2D eigenvalue weighted by Gasteiger charge is -2.64. The van der Waals surface area contributed by atoms with Gasteiger partial charge in [0.15, 0.2) is 5.96 Å². The molecular formula is C32H58BN5O4. The zero-order valence-electron chi connectivity index (χ0n) is 27.3. The van der Waals surface area contributed by atoms with Crippen molar-refractivity contribution in [3.05, 3.63) is 12.2 Å². The molecule has 5 N–H and O–H groups in total. The van der Waals surface area contributed by atoms with E-state index in [1.54, 1.807) is 7.05 Å². The predicted molar refractivity (Wildman–Crippen MR) is 171 cm³/mol. The topological polar surface area (TPSA) is 127 Å². The molecule has 4 rings (SSSR count).